The number of hydrogen-bond acceptors (Lipinski definition) is 2. The molecule has 0 spiro atoms. The van der Waals surface area contributed by atoms with E-state index in [1.165, 1.54) is 37.2 Å². The quantitative estimate of drug-likeness (QED) is 0.784. The van der Waals surface area contributed by atoms with Gasteiger partial charge in [-0.3, -0.25) is 4.90 Å². The maximum absolute atomic E-state index is 6.05. The van der Waals surface area contributed by atoms with Crippen LogP contribution in [0.4, 0.5) is 5.69 Å². The smallest absolute Gasteiger partial charge is 0.0494 e. The monoisotopic (exact) mass is 328 g/mol. The van der Waals surface area contributed by atoms with Gasteiger partial charge in [0.1, 0.15) is 0 Å². The molecule has 1 aliphatic heterocycles. The van der Waals surface area contributed by atoms with Crippen LogP contribution in [0.25, 0.3) is 0 Å². The van der Waals surface area contributed by atoms with Crippen molar-refractivity contribution in [2.24, 2.45) is 0 Å². The topological polar surface area (TPSA) is 6.48 Å². The first-order valence-electron chi connectivity index (χ1n) is 6.61. The molecule has 0 aromatic heterocycles. The van der Waals surface area contributed by atoms with Gasteiger partial charge in [-0.25, -0.2) is 0 Å². The Labute approximate surface area is 122 Å². The van der Waals surface area contributed by atoms with Gasteiger partial charge in [-0.1, -0.05) is 15.9 Å². The predicted octanol–water partition coefficient (Wildman–Crippen LogP) is 3.47. The summed E-state index contributed by atoms with van der Waals surface area (Å²) in [5.74, 6) is 0.581. The molecule has 0 bridgehead atoms. The van der Waals surface area contributed by atoms with E-state index in [4.69, 9.17) is 11.6 Å². The average molecular weight is 330 g/mol. The van der Waals surface area contributed by atoms with E-state index in [0.717, 1.165) is 23.6 Å². The van der Waals surface area contributed by atoms with Crippen LogP contribution in [0.2, 0.25) is 0 Å². The molecule has 4 heteroatoms. The van der Waals surface area contributed by atoms with Gasteiger partial charge >= 0.3 is 0 Å². The van der Waals surface area contributed by atoms with Crippen molar-refractivity contribution in [3.63, 3.8) is 0 Å². The second-order valence-electron chi connectivity index (χ2n) is 5.16. The fourth-order valence-corrected chi connectivity index (χ4v) is 3.36. The Bertz CT molecular complexity index is 426. The van der Waals surface area contributed by atoms with E-state index in [9.17, 15) is 0 Å². The number of alkyl halides is 1. The van der Waals surface area contributed by atoms with E-state index in [1.807, 2.05) is 0 Å². The molecule has 2 fully saturated rings. The van der Waals surface area contributed by atoms with E-state index in [-0.39, 0.29) is 0 Å². The fraction of sp³-hybridized carbons (Fsp3) is 0.571. The summed E-state index contributed by atoms with van der Waals surface area (Å²) in [5, 5.41) is 0. The lowest BCUT2D eigenvalue weighted by Gasteiger charge is -2.37. The number of anilines is 1. The molecule has 1 saturated heterocycles. The highest BCUT2D eigenvalue weighted by Gasteiger charge is 2.31. The second kappa shape index (κ2) is 5.40. The molecule has 1 saturated carbocycles. The van der Waals surface area contributed by atoms with Crippen LogP contribution >= 0.6 is 27.5 Å². The molecule has 0 N–H and O–H groups in total. The highest BCUT2D eigenvalue weighted by atomic mass is 79.9. The standard InChI is InChI=1S/C14H18BrClN2/c15-12-1-4-14(11(9-12)10-16)18-7-5-17(6-8-18)13-2-3-13/h1,4,9,13H,2-3,5-8,10H2. The van der Waals surface area contributed by atoms with E-state index in [1.54, 1.807) is 0 Å². The molecule has 1 aliphatic carbocycles. The summed E-state index contributed by atoms with van der Waals surface area (Å²) in [7, 11) is 0. The van der Waals surface area contributed by atoms with Crippen LogP contribution in [-0.4, -0.2) is 37.1 Å². The molecule has 98 valence electrons. The Morgan fingerprint density at radius 2 is 1.89 bits per heavy atom. The van der Waals surface area contributed by atoms with Crippen molar-refractivity contribution in [3.05, 3.63) is 28.2 Å². The van der Waals surface area contributed by atoms with Crippen LogP contribution in [0.1, 0.15) is 18.4 Å². The highest BCUT2D eigenvalue weighted by molar-refractivity contribution is 9.10. The molecule has 1 aromatic rings. The Balaban J connectivity index is 1.71. The van der Waals surface area contributed by atoms with Crippen LogP contribution in [-0.2, 0) is 5.88 Å². The second-order valence-corrected chi connectivity index (χ2v) is 6.34. The normalized spacial score (nSPS) is 21.3. The largest absolute Gasteiger partial charge is 0.369 e. The van der Waals surface area contributed by atoms with Gasteiger partial charge in [-0.05, 0) is 36.6 Å². The van der Waals surface area contributed by atoms with E-state index >= 15 is 0 Å². The van der Waals surface area contributed by atoms with Gasteiger partial charge in [0.05, 0.1) is 0 Å². The molecular weight excluding hydrogens is 312 g/mol. The van der Waals surface area contributed by atoms with Gasteiger partial charge < -0.3 is 4.90 Å². The van der Waals surface area contributed by atoms with E-state index in [2.05, 4.69) is 43.9 Å². The maximum Gasteiger partial charge on any atom is 0.0494 e. The zero-order chi connectivity index (χ0) is 12.5. The lowest BCUT2D eigenvalue weighted by molar-refractivity contribution is 0.248. The number of rotatable bonds is 3. The van der Waals surface area contributed by atoms with Crippen LogP contribution in [0.3, 0.4) is 0 Å². The van der Waals surface area contributed by atoms with Gasteiger partial charge in [0, 0.05) is 48.3 Å². The Kier molecular flexibility index (Phi) is 3.83. The minimum atomic E-state index is 0.581. The molecule has 0 atom stereocenters. The van der Waals surface area contributed by atoms with Crippen molar-refractivity contribution in [2.75, 3.05) is 31.1 Å². The molecule has 18 heavy (non-hydrogen) atoms. The summed E-state index contributed by atoms with van der Waals surface area (Å²) in [4.78, 5) is 5.11. The average Bonchev–Trinajstić information content (AvgIpc) is 3.23. The van der Waals surface area contributed by atoms with Crippen molar-refractivity contribution < 1.29 is 0 Å². The molecule has 0 radical (unpaired) electrons. The predicted molar refractivity (Wildman–Crippen MR) is 80.5 cm³/mol. The third-order valence-corrected chi connectivity index (χ3v) is 4.68. The van der Waals surface area contributed by atoms with Gasteiger partial charge in [-0.15, -0.1) is 11.6 Å². The van der Waals surface area contributed by atoms with Gasteiger partial charge in [-0.2, -0.15) is 0 Å². The lowest BCUT2D eigenvalue weighted by Crippen LogP contribution is -2.47. The van der Waals surface area contributed by atoms with E-state index < -0.39 is 0 Å². The molecule has 1 aromatic carbocycles. The Hall–Kier alpha value is -0.250. The minimum Gasteiger partial charge on any atom is -0.369 e. The third kappa shape index (κ3) is 2.68. The maximum atomic E-state index is 6.05. The molecular formula is C14H18BrClN2. The van der Waals surface area contributed by atoms with Crippen molar-refractivity contribution >= 4 is 33.2 Å². The first kappa shape index (κ1) is 12.8. The van der Waals surface area contributed by atoms with Crippen molar-refractivity contribution in [3.8, 4) is 0 Å². The highest BCUT2D eigenvalue weighted by Crippen LogP contribution is 2.30. The number of benzene rings is 1. The zero-order valence-corrected chi connectivity index (χ0v) is 12.8. The van der Waals surface area contributed by atoms with Crippen LogP contribution < -0.4 is 4.90 Å². The van der Waals surface area contributed by atoms with Crippen molar-refractivity contribution in [1.29, 1.82) is 0 Å². The van der Waals surface area contributed by atoms with Crippen LogP contribution in [0.5, 0.6) is 0 Å². The molecule has 2 aliphatic rings. The third-order valence-electron chi connectivity index (χ3n) is 3.90. The summed E-state index contributed by atoms with van der Waals surface area (Å²) in [5.41, 5.74) is 2.54. The lowest BCUT2D eigenvalue weighted by atomic mass is 10.1. The number of nitrogens with zero attached hydrogens (tertiary/aromatic N) is 2. The van der Waals surface area contributed by atoms with Gasteiger partial charge in [0.25, 0.3) is 0 Å². The molecule has 3 rings (SSSR count). The summed E-state index contributed by atoms with van der Waals surface area (Å²) in [6.07, 6.45) is 2.82. The molecule has 2 nitrogen and oxygen atoms in total. The Morgan fingerprint density at radius 3 is 2.50 bits per heavy atom. The van der Waals surface area contributed by atoms with Crippen molar-refractivity contribution in [1.82, 2.24) is 4.90 Å². The molecule has 0 amide bonds. The summed E-state index contributed by atoms with van der Waals surface area (Å²) in [6.45, 7) is 4.65. The Morgan fingerprint density at radius 1 is 1.17 bits per heavy atom. The first-order chi connectivity index (χ1) is 8.78. The zero-order valence-electron chi connectivity index (χ0n) is 10.4. The van der Waals surface area contributed by atoms with E-state index in [0.29, 0.717) is 5.88 Å². The first-order valence-corrected chi connectivity index (χ1v) is 7.94. The number of hydrogen-bond donors (Lipinski definition) is 0. The van der Waals surface area contributed by atoms with Gasteiger partial charge in [0.2, 0.25) is 0 Å². The minimum absolute atomic E-state index is 0.581. The SMILES string of the molecule is ClCc1cc(Br)ccc1N1CCN(C2CC2)CC1. The van der Waals surface area contributed by atoms with Crippen molar-refractivity contribution in [2.45, 2.75) is 24.8 Å². The summed E-state index contributed by atoms with van der Waals surface area (Å²) >= 11 is 9.57. The van der Waals surface area contributed by atoms with Gasteiger partial charge in [0.15, 0.2) is 0 Å². The molecule has 0 unspecified atom stereocenters. The number of piperazine rings is 1. The fourth-order valence-electron chi connectivity index (χ4n) is 2.74. The summed E-state index contributed by atoms with van der Waals surface area (Å²) < 4.78 is 1.11. The van der Waals surface area contributed by atoms with Crippen LogP contribution in [0, 0.1) is 0 Å². The van der Waals surface area contributed by atoms with Crippen LogP contribution in [0.15, 0.2) is 22.7 Å². The summed E-state index contributed by atoms with van der Waals surface area (Å²) in [6, 6.07) is 7.33. The number of halogens is 2. The molecule has 1 heterocycles.